The van der Waals surface area contributed by atoms with Gasteiger partial charge in [-0.3, -0.25) is 14.4 Å². The number of phenolic OH excluding ortho intramolecular Hbond substituents is 1. The van der Waals surface area contributed by atoms with E-state index in [9.17, 15) is 24.3 Å². The van der Waals surface area contributed by atoms with Crippen LogP contribution in [-0.2, 0) is 41.5 Å². The third kappa shape index (κ3) is 7.28. The molecular weight excluding hydrogens is 454 g/mol. The zero-order chi connectivity index (χ0) is 25.5. The molecule has 1 heterocycles. The number of rotatable bonds is 11. The number of esters is 1. The fourth-order valence-corrected chi connectivity index (χ4v) is 3.50. The molecule has 1 aliphatic heterocycles. The summed E-state index contributed by atoms with van der Waals surface area (Å²) in [6.45, 7) is 3.72. The zero-order valence-electron chi connectivity index (χ0n) is 19.5. The molecule has 0 bridgehead atoms. The van der Waals surface area contributed by atoms with Crippen LogP contribution in [0, 0.1) is 6.92 Å². The Morgan fingerprint density at radius 3 is 2.09 bits per heavy atom. The second kappa shape index (κ2) is 11.5. The minimum absolute atomic E-state index is 0.0673. The monoisotopic (exact) mass is 483 g/mol. The molecule has 1 saturated heterocycles. The normalized spacial score (nSPS) is 18.1. The van der Waals surface area contributed by atoms with E-state index in [-0.39, 0.29) is 25.2 Å². The molecule has 1 aliphatic rings. The number of nitrogens with one attached hydrogen (secondary N) is 2. The molecule has 0 saturated carbocycles. The lowest BCUT2D eigenvalue weighted by Gasteiger charge is -2.22. The molecule has 3 rings (SSSR count). The number of phenols is 1. The average Bonchev–Trinajstić information content (AvgIpc) is 3.62. The van der Waals surface area contributed by atoms with Gasteiger partial charge in [-0.2, -0.15) is 0 Å². The molecule has 0 aromatic heterocycles. The van der Waals surface area contributed by atoms with Crippen LogP contribution >= 0.6 is 0 Å². The summed E-state index contributed by atoms with van der Waals surface area (Å²) in [5.41, 5.74) is 8.00. The minimum Gasteiger partial charge on any atom is -0.508 e. The number of amides is 3. The number of aromatic hydroxyl groups is 1. The molecule has 10 nitrogen and oxygen atoms in total. The van der Waals surface area contributed by atoms with E-state index < -0.39 is 48.0 Å². The van der Waals surface area contributed by atoms with Gasteiger partial charge in [0.05, 0.1) is 6.61 Å². The van der Waals surface area contributed by atoms with Crippen molar-refractivity contribution >= 4 is 23.7 Å². The second-order valence-corrected chi connectivity index (χ2v) is 8.31. The van der Waals surface area contributed by atoms with Gasteiger partial charge in [0.2, 0.25) is 11.8 Å². The van der Waals surface area contributed by atoms with Crippen molar-refractivity contribution in [2.75, 3.05) is 6.61 Å². The summed E-state index contributed by atoms with van der Waals surface area (Å²) < 4.78 is 9.99. The fraction of sp³-hybridized carbons (Fsp3) is 0.360. The van der Waals surface area contributed by atoms with Crippen LogP contribution in [0.3, 0.4) is 0 Å². The summed E-state index contributed by atoms with van der Waals surface area (Å²) in [6, 6.07) is 11.5. The number of aryl methyl sites for hydroxylation is 1. The van der Waals surface area contributed by atoms with Crippen molar-refractivity contribution in [1.29, 1.82) is 0 Å². The van der Waals surface area contributed by atoms with E-state index in [1.807, 2.05) is 31.2 Å². The lowest BCUT2D eigenvalue weighted by Crippen LogP contribution is -2.55. The highest BCUT2D eigenvalue weighted by atomic mass is 16.6. The molecular formula is C25H29N3O7. The summed E-state index contributed by atoms with van der Waals surface area (Å²) in [5, 5.41) is 14.7. The van der Waals surface area contributed by atoms with Crippen molar-refractivity contribution in [3.8, 4) is 5.75 Å². The van der Waals surface area contributed by atoms with Crippen molar-refractivity contribution in [2.45, 2.75) is 51.0 Å². The van der Waals surface area contributed by atoms with Gasteiger partial charge in [0.1, 0.15) is 17.8 Å². The maximum Gasteiger partial charge on any atom is 0.338 e. The second-order valence-electron chi connectivity index (χ2n) is 8.31. The fourth-order valence-electron chi connectivity index (χ4n) is 3.50. The number of nitrogens with two attached hydrogens (primary N) is 1. The van der Waals surface area contributed by atoms with Gasteiger partial charge in [-0.25, -0.2) is 4.79 Å². The van der Waals surface area contributed by atoms with Crippen LogP contribution in [0.1, 0.15) is 23.6 Å². The number of hydrogen-bond donors (Lipinski definition) is 4. The zero-order valence-corrected chi connectivity index (χ0v) is 19.5. The number of carbonyl (C=O) groups excluding carboxylic acids is 4. The van der Waals surface area contributed by atoms with Crippen LogP contribution in [0.25, 0.3) is 0 Å². The summed E-state index contributed by atoms with van der Waals surface area (Å²) in [7, 11) is 0. The van der Waals surface area contributed by atoms with Gasteiger partial charge in [0.15, 0.2) is 12.2 Å². The Hall–Kier alpha value is -3.92. The molecule has 0 spiro atoms. The lowest BCUT2D eigenvalue weighted by molar-refractivity contribution is -0.144. The Labute approximate surface area is 202 Å². The minimum atomic E-state index is -1.06. The average molecular weight is 484 g/mol. The van der Waals surface area contributed by atoms with E-state index in [4.69, 9.17) is 15.2 Å². The molecule has 4 atom stereocenters. The first-order valence-corrected chi connectivity index (χ1v) is 11.2. The number of carbonyl (C=O) groups is 4. The van der Waals surface area contributed by atoms with Gasteiger partial charge in [0, 0.05) is 12.8 Å². The first-order valence-electron chi connectivity index (χ1n) is 11.2. The van der Waals surface area contributed by atoms with Gasteiger partial charge < -0.3 is 30.9 Å². The van der Waals surface area contributed by atoms with Crippen molar-refractivity contribution in [1.82, 2.24) is 10.6 Å². The Kier molecular flexibility index (Phi) is 8.43. The Bertz CT molecular complexity index is 1070. The van der Waals surface area contributed by atoms with Crippen molar-refractivity contribution < 1.29 is 33.8 Å². The van der Waals surface area contributed by atoms with E-state index in [2.05, 4.69) is 10.6 Å². The number of ether oxygens (including phenoxy) is 2. The molecule has 5 N–H and O–H groups in total. The maximum atomic E-state index is 13.2. The van der Waals surface area contributed by atoms with Gasteiger partial charge in [-0.05, 0) is 37.1 Å². The topological polar surface area (TPSA) is 160 Å². The first kappa shape index (κ1) is 25.7. The molecule has 3 amide bonds. The molecule has 1 fully saturated rings. The Balaban J connectivity index is 1.72. The van der Waals surface area contributed by atoms with E-state index in [0.717, 1.165) is 11.1 Å². The SMILES string of the molecule is CCOC(=O)[C@H]1O[C@@H]1C(=O)N[C@@H](Cc1ccc(C)cc1)C(=O)N[C@@H](Cc1ccc(O)cc1)C(N)=O. The Morgan fingerprint density at radius 2 is 1.51 bits per heavy atom. The van der Waals surface area contributed by atoms with Gasteiger partial charge in [-0.1, -0.05) is 42.0 Å². The highest BCUT2D eigenvalue weighted by Crippen LogP contribution is 2.24. The number of primary amides is 1. The van der Waals surface area contributed by atoms with Crippen LogP contribution < -0.4 is 16.4 Å². The van der Waals surface area contributed by atoms with Crippen LogP contribution in [0.4, 0.5) is 0 Å². The third-order valence-electron chi connectivity index (χ3n) is 5.50. The largest absolute Gasteiger partial charge is 0.508 e. The standard InChI is InChI=1S/C25H29N3O7/c1-3-34-25(33)21-20(35-21)24(32)28-19(13-15-6-4-14(2)5-7-15)23(31)27-18(22(26)30)12-16-8-10-17(29)11-9-16/h4-11,18-21,29H,3,12-13H2,1-2H3,(H2,26,30)(H,27,31)(H,28,32)/t18-,19-,20-,21-/m0/s1. The molecule has 0 unspecified atom stereocenters. The van der Waals surface area contributed by atoms with Gasteiger partial charge in [-0.15, -0.1) is 0 Å². The summed E-state index contributed by atoms with van der Waals surface area (Å²) in [4.78, 5) is 49.7. The molecule has 35 heavy (non-hydrogen) atoms. The van der Waals surface area contributed by atoms with E-state index >= 15 is 0 Å². The van der Waals surface area contributed by atoms with Crippen LogP contribution in [0.2, 0.25) is 0 Å². The van der Waals surface area contributed by atoms with Crippen LogP contribution in [0.5, 0.6) is 5.75 Å². The van der Waals surface area contributed by atoms with Crippen LogP contribution in [0.15, 0.2) is 48.5 Å². The maximum absolute atomic E-state index is 13.2. The van der Waals surface area contributed by atoms with E-state index in [1.165, 1.54) is 12.1 Å². The van der Waals surface area contributed by atoms with Crippen molar-refractivity contribution in [3.05, 3.63) is 65.2 Å². The lowest BCUT2D eigenvalue weighted by atomic mass is 10.0. The number of epoxide rings is 1. The van der Waals surface area contributed by atoms with E-state index in [1.54, 1.807) is 19.1 Å². The summed E-state index contributed by atoms with van der Waals surface area (Å²) in [5.74, 6) is -2.58. The van der Waals surface area contributed by atoms with Crippen molar-refractivity contribution in [2.24, 2.45) is 5.73 Å². The van der Waals surface area contributed by atoms with Gasteiger partial charge >= 0.3 is 5.97 Å². The summed E-state index contributed by atoms with van der Waals surface area (Å²) in [6.07, 6.45) is -1.82. The van der Waals surface area contributed by atoms with Gasteiger partial charge in [0.25, 0.3) is 5.91 Å². The molecule has 2 aromatic rings. The molecule has 10 heteroatoms. The molecule has 186 valence electrons. The first-order chi connectivity index (χ1) is 16.7. The quantitative estimate of drug-likeness (QED) is 0.264. The Morgan fingerprint density at radius 1 is 0.943 bits per heavy atom. The number of hydrogen-bond acceptors (Lipinski definition) is 7. The number of benzene rings is 2. The van der Waals surface area contributed by atoms with E-state index in [0.29, 0.717) is 5.56 Å². The summed E-state index contributed by atoms with van der Waals surface area (Å²) >= 11 is 0. The predicted molar refractivity (Wildman–Crippen MR) is 125 cm³/mol. The molecule has 0 aliphatic carbocycles. The highest BCUT2D eigenvalue weighted by molar-refractivity contribution is 5.96. The predicted octanol–water partition coefficient (Wildman–Crippen LogP) is 0.271. The highest BCUT2D eigenvalue weighted by Gasteiger charge is 2.52. The van der Waals surface area contributed by atoms with Crippen LogP contribution in [-0.4, -0.2) is 59.7 Å². The molecule has 2 aromatic carbocycles. The smallest absolute Gasteiger partial charge is 0.338 e. The van der Waals surface area contributed by atoms with Crippen molar-refractivity contribution in [3.63, 3.8) is 0 Å². The third-order valence-corrected chi connectivity index (χ3v) is 5.50. The molecule has 0 radical (unpaired) electrons.